The van der Waals surface area contributed by atoms with Crippen LogP contribution in [0.15, 0.2) is 24.4 Å². The fourth-order valence-corrected chi connectivity index (χ4v) is 3.00. The summed E-state index contributed by atoms with van der Waals surface area (Å²) in [6.45, 7) is 1.80. The lowest BCUT2D eigenvalue weighted by Gasteiger charge is -2.02. The van der Waals surface area contributed by atoms with Crippen LogP contribution in [0.25, 0.3) is 10.2 Å². The number of benzene rings is 1. The third-order valence-electron chi connectivity index (χ3n) is 3.14. The second-order valence-corrected chi connectivity index (χ2v) is 5.71. The molecule has 0 radical (unpaired) electrons. The summed E-state index contributed by atoms with van der Waals surface area (Å²) in [5.74, 6) is -0.314. The number of nitro benzene ring substituents is 1. The van der Waals surface area contributed by atoms with Gasteiger partial charge in [-0.2, -0.15) is 5.10 Å². The summed E-state index contributed by atoms with van der Waals surface area (Å²) in [5.41, 5.74) is 1.81. The molecule has 1 aromatic carbocycles. The molecule has 3 aromatic rings. The lowest BCUT2D eigenvalue weighted by atomic mass is 10.2. The van der Waals surface area contributed by atoms with Crippen LogP contribution in [0.5, 0.6) is 0 Å². The Bertz CT molecular complexity index is 879. The molecule has 0 bridgehead atoms. The molecule has 0 saturated carbocycles. The number of rotatable bonds is 3. The van der Waals surface area contributed by atoms with Gasteiger partial charge < -0.3 is 0 Å². The van der Waals surface area contributed by atoms with Crippen molar-refractivity contribution >= 4 is 38.3 Å². The zero-order chi connectivity index (χ0) is 15.9. The fourth-order valence-electron chi connectivity index (χ4n) is 2.11. The van der Waals surface area contributed by atoms with Crippen LogP contribution in [0.2, 0.25) is 0 Å². The lowest BCUT2D eigenvalue weighted by Crippen LogP contribution is -2.17. The predicted octanol–water partition coefficient (Wildman–Crippen LogP) is 2.50. The Hall–Kier alpha value is -2.81. The first kappa shape index (κ1) is 14.1. The van der Waals surface area contributed by atoms with Crippen molar-refractivity contribution in [1.29, 1.82) is 0 Å². The Morgan fingerprint density at radius 1 is 1.45 bits per heavy atom. The topological polar surface area (TPSA) is 103 Å². The number of non-ortho nitro benzene ring substituents is 1. The number of nitrogens with zero attached hydrogens (tertiary/aromatic N) is 4. The van der Waals surface area contributed by atoms with E-state index in [0.29, 0.717) is 21.0 Å². The van der Waals surface area contributed by atoms with E-state index in [1.54, 1.807) is 26.2 Å². The van der Waals surface area contributed by atoms with Crippen LogP contribution in [-0.2, 0) is 7.05 Å². The molecule has 0 spiro atoms. The highest BCUT2D eigenvalue weighted by atomic mass is 32.1. The van der Waals surface area contributed by atoms with E-state index in [4.69, 9.17) is 0 Å². The van der Waals surface area contributed by atoms with Crippen LogP contribution in [-0.4, -0.2) is 25.6 Å². The average molecular weight is 317 g/mol. The first-order valence-electron chi connectivity index (χ1n) is 6.30. The Morgan fingerprint density at radius 2 is 2.23 bits per heavy atom. The quantitative estimate of drug-likeness (QED) is 0.590. The van der Waals surface area contributed by atoms with Crippen molar-refractivity contribution in [2.75, 3.05) is 5.32 Å². The zero-order valence-corrected chi connectivity index (χ0v) is 12.5. The van der Waals surface area contributed by atoms with Gasteiger partial charge in [-0.05, 0) is 18.6 Å². The Kier molecular flexibility index (Phi) is 3.33. The van der Waals surface area contributed by atoms with Crippen molar-refractivity contribution in [3.8, 4) is 0 Å². The minimum Gasteiger partial charge on any atom is -0.296 e. The van der Waals surface area contributed by atoms with Crippen molar-refractivity contribution in [2.24, 2.45) is 7.05 Å². The van der Waals surface area contributed by atoms with Gasteiger partial charge in [0.15, 0.2) is 5.13 Å². The van der Waals surface area contributed by atoms with Crippen molar-refractivity contribution < 1.29 is 9.72 Å². The van der Waals surface area contributed by atoms with Crippen LogP contribution >= 0.6 is 11.3 Å². The summed E-state index contributed by atoms with van der Waals surface area (Å²) in [4.78, 5) is 26.8. The van der Waals surface area contributed by atoms with Gasteiger partial charge in [0.05, 0.1) is 21.3 Å². The second-order valence-electron chi connectivity index (χ2n) is 4.68. The number of anilines is 1. The van der Waals surface area contributed by atoms with Gasteiger partial charge in [-0.15, -0.1) is 0 Å². The summed E-state index contributed by atoms with van der Waals surface area (Å²) in [6, 6.07) is 4.39. The molecule has 0 saturated heterocycles. The number of carbonyl (C=O) groups excluding carboxylic acids is 1. The van der Waals surface area contributed by atoms with Crippen LogP contribution in [0, 0.1) is 17.0 Å². The minimum absolute atomic E-state index is 0.00324. The summed E-state index contributed by atoms with van der Waals surface area (Å²) < 4.78 is 2.13. The van der Waals surface area contributed by atoms with Crippen LogP contribution in [0.4, 0.5) is 10.8 Å². The molecule has 9 heteroatoms. The highest BCUT2D eigenvalue weighted by Crippen LogP contribution is 2.29. The molecule has 1 N–H and O–H groups in total. The molecule has 112 valence electrons. The van der Waals surface area contributed by atoms with E-state index in [0.717, 1.165) is 5.56 Å². The van der Waals surface area contributed by atoms with Gasteiger partial charge >= 0.3 is 0 Å². The second kappa shape index (κ2) is 5.19. The minimum atomic E-state index is -0.462. The fraction of sp³-hybridized carbons (Fsp3) is 0.154. The molecule has 8 nitrogen and oxygen atoms in total. The third-order valence-corrected chi connectivity index (χ3v) is 4.07. The molecule has 1 amide bonds. The molecular weight excluding hydrogens is 306 g/mol. The predicted molar refractivity (Wildman–Crippen MR) is 82.2 cm³/mol. The molecule has 2 aromatic heterocycles. The molecular formula is C13H11N5O3S. The SMILES string of the molecule is Cc1cnn(C)c1C(=O)Nc1nc2ccc([N+](=O)[O-])cc2s1. The summed E-state index contributed by atoms with van der Waals surface area (Å²) in [5, 5.41) is 17.9. The van der Waals surface area contributed by atoms with Crippen molar-refractivity contribution in [2.45, 2.75) is 6.92 Å². The van der Waals surface area contributed by atoms with E-state index in [9.17, 15) is 14.9 Å². The van der Waals surface area contributed by atoms with Crippen LogP contribution in [0.3, 0.4) is 0 Å². The highest BCUT2D eigenvalue weighted by molar-refractivity contribution is 7.22. The summed E-state index contributed by atoms with van der Waals surface area (Å²) >= 11 is 1.19. The molecule has 0 aliphatic heterocycles. The van der Waals surface area contributed by atoms with Gasteiger partial charge in [-0.25, -0.2) is 4.98 Å². The van der Waals surface area contributed by atoms with E-state index in [1.807, 2.05) is 0 Å². The third kappa shape index (κ3) is 2.42. The summed E-state index contributed by atoms with van der Waals surface area (Å²) in [7, 11) is 1.68. The van der Waals surface area contributed by atoms with Gasteiger partial charge in [0.1, 0.15) is 5.69 Å². The van der Waals surface area contributed by atoms with Crippen molar-refractivity contribution in [3.05, 3.63) is 45.8 Å². The summed E-state index contributed by atoms with van der Waals surface area (Å²) in [6.07, 6.45) is 1.61. The Morgan fingerprint density at radius 3 is 2.86 bits per heavy atom. The Balaban J connectivity index is 1.91. The number of aromatic nitrogens is 3. The molecule has 0 unspecified atom stereocenters. The first-order chi connectivity index (χ1) is 10.5. The number of carbonyl (C=O) groups is 1. The van der Waals surface area contributed by atoms with Crippen molar-refractivity contribution in [3.63, 3.8) is 0 Å². The number of nitro groups is 1. The average Bonchev–Trinajstić information content (AvgIpc) is 3.00. The van der Waals surface area contributed by atoms with Crippen molar-refractivity contribution in [1.82, 2.24) is 14.8 Å². The van der Waals surface area contributed by atoms with E-state index < -0.39 is 4.92 Å². The number of fused-ring (bicyclic) bond motifs is 1. The largest absolute Gasteiger partial charge is 0.296 e. The van der Waals surface area contributed by atoms with Gasteiger partial charge in [0.2, 0.25) is 0 Å². The number of hydrogen-bond donors (Lipinski definition) is 1. The molecule has 3 rings (SSSR count). The number of aryl methyl sites for hydroxylation is 2. The number of nitrogens with one attached hydrogen (secondary N) is 1. The van der Waals surface area contributed by atoms with Crippen LogP contribution in [0.1, 0.15) is 16.1 Å². The van der Waals surface area contributed by atoms with E-state index in [2.05, 4.69) is 15.4 Å². The molecule has 2 heterocycles. The van der Waals surface area contributed by atoms with E-state index in [1.165, 1.54) is 28.2 Å². The van der Waals surface area contributed by atoms with Gasteiger partial charge in [0, 0.05) is 19.2 Å². The molecule has 0 fully saturated rings. The number of amides is 1. The molecule has 0 aliphatic rings. The number of hydrogen-bond acceptors (Lipinski definition) is 6. The maximum Gasteiger partial charge on any atom is 0.275 e. The lowest BCUT2D eigenvalue weighted by molar-refractivity contribution is -0.384. The highest BCUT2D eigenvalue weighted by Gasteiger charge is 2.17. The van der Waals surface area contributed by atoms with E-state index >= 15 is 0 Å². The maximum absolute atomic E-state index is 12.3. The van der Waals surface area contributed by atoms with Gasteiger partial charge in [0.25, 0.3) is 11.6 Å². The number of thiazole rings is 1. The van der Waals surface area contributed by atoms with Gasteiger partial charge in [-0.1, -0.05) is 11.3 Å². The van der Waals surface area contributed by atoms with E-state index in [-0.39, 0.29) is 11.6 Å². The smallest absolute Gasteiger partial charge is 0.275 e. The standard InChI is InChI=1S/C13H11N5O3S/c1-7-6-14-17(2)11(7)12(19)16-13-15-9-4-3-8(18(20)21)5-10(9)22-13/h3-6H,1-2H3,(H,15,16,19). The van der Waals surface area contributed by atoms with Gasteiger partial charge in [-0.3, -0.25) is 24.9 Å². The first-order valence-corrected chi connectivity index (χ1v) is 7.12. The Labute approximate surface area is 128 Å². The normalized spacial score (nSPS) is 10.8. The monoisotopic (exact) mass is 317 g/mol. The van der Waals surface area contributed by atoms with Crippen LogP contribution < -0.4 is 5.32 Å². The zero-order valence-electron chi connectivity index (χ0n) is 11.7. The molecule has 0 aliphatic carbocycles. The maximum atomic E-state index is 12.3. The molecule has 22 heavy (non-hydrogen) atoms. The molecule has 0 atom stereocenters.